The molecule has 0 saturated carbocycles. The monoisotopic (exact) mass is 261 g/mol. The molecule has 0 unspecified atom stereocenters. The van der Waals surface area contributed by atoms with E-state index < -0.39 is 0 Å². The minimum absolute atomic E-state index is 0.339. The molecule has 0 aliphatic carbocycles. The molecular formula is C13H12ClN3O. The Balaban J connectivity index is 2.05. The van der Waals surface area contributed by atoms with Crippen LogP contribution in [0.2, 0.25) is 5.02 Å². The molecule has 1 aromatic heterocycles. The minimum atomic E-state index is -0.339. The van der Waals surface area contributed by atoms with Crippen LogP contribution < -0.4 is 10.6 Å². The molecule has 2 amide bonds. The number of pyridine rings is 1. The van der Waals surface area contributed by atoms with Gasteiger partial charge in [0.1, 0.15) is 0 Å². The lowest BCUT2D eigenvalue weighted by molar-refractivity contribution is 0.262. The first kappa shape index (κ1) is 12.4. The second kappa shape index (κ2) is 5.51. The molecular weight excluding hydrogens is 250 g/mol. The number of hydrogen-bond acceptors (Lipinski definition) is 2. The molecule has 92 valence electrons. The molecule has 2 rings (SSSR count). The smallest absolute Gasteiger partial charge is 0.308 e. The maximum absolute atomic E-state index is 11.7. The number of urea groups is 1. The zero-order valence-corrected chi connectivity index (χ0v) is 10.5. The quantitative estimate of drug-likeness (QED) is 0.866. The van der Waals surface area contributed by atoms with Crippen LogP contribution in [0.15, 0.2) is 42.7 Å². The maximum atomic E-state index is 11.7. The number of nitrogens with one attached hydrogen (secondary N) is 2. The summed E-state index contributed by atoms with van der Waals surface area (Å²) < 4.78 is 0. The molecule has 18 heavy (non-hydrogen) atoms. The first-order valence-electron chi connectivity index (χ1n) is 5.39. The van der Waals surface area contributed by atoms with Gasteiger partial charge in [-0.3, -0.25) is 4.98 Å². The van der Waals surface area contributed by atoms with E-state index in [1.807, 2.05) is 19.1 Å². The van der Waals surface area contributed by atoms with E-state index in [4.69, 9.17) is 11.6 Å². The van der Waals surface area contributed by atoms with Gasteiger partial charge in [-0.15, -0.1) is 0 Å². The molecule has 0 atom stereocenters. The van der Waals surface area contributed by atoms with Crippen LogP contribution in [0.5, 0.6) is 0 Å². The van der Waals surface area contributed by atoms with Gasteiger partial charge in [0.2, 0.25) is 0 Å². The highest BCUT2D eigenvalue weighted by Gasteiger charge is 2.05. The molecule has 0 fully saturated rings. The van der Waals surface area contributed by atoms with Gasteiger partial charge < -0.3 is 10.6 Å². The summed E-state index contributed by atoms with van der Waals surface area (Å²) in [5.41, 5.74) is 2.29. The lowest BCUT2D eigenvalue weighted by atomic mass is 10.2. The number of anilines is 2. The summed E-state index contributed by atoms with van der Waals surface area (Å²) in [5, 5.41) is 5.89. The highest BCUT2D eigenvalue weighted by Crippen LogP contribution is 2.22. The summed E-state index contributed by atoms with van der Waals surface area (Å²) in [6.07, 6.45) is 3.21. The van der Waals surface area contributed by atoms with E-state index in [1.165, 1.54) is 0 Å². The van der Waals surface area contributed by atoms with Gasteiger partial charge in [-0.05, 0) is 36.8 Å². The number of nitrogens with zero attached hydrogens (tertiary/aromatic N) is 1. The molecule has 0 aliphatic heterocycles. The standard InChI is InChI=1S/C13H12ClN3O/c1-9-2-3-11(14)12(8-9)17-13(18)16-10-4-6-15-7-5-10/h2-8H,1H3,(H2,15,16,17,18). The number of carbonyl (C=O) groups excluding carboxylic acids is 1. The van der Waals surface area contributed by atoms with Crippen LogP contribution in [0.25, 0.3) is 0 Å². The molecule has 2 aromatic rings. The third-order valence-electron chi connectivity index (χ3n) is 2.31. The van der Waals surface area contributed by atoms with Crippen LogP contribution in [0, 0.1) is 6.92 Å². The zero-order chi connectivity index (χ0) is 13.0. The Morgan fingerprint density at radius 2 is 1.89 bits per heavy atom. The summed E-state index contributed by atoms with van der Waals surface area (Å²) in [4.78, 5) is 15.6. The van der Waals surface area contributed by atoms with Gasteiger partial charge in [-0.25, -0.2) is 4.79 Å². The molecule has 0 saturated heterocycles. The number of aryl methyl sites for hydroxylation is 1. The van der Waals surface area contributed by atoms with Crippen molar-refractivity contribution < 1.29 is 4.79 Å². The SMILES string of the molecule is Cc1ccc(Cl)c(NC(=O)Nc2ccncc2)c1. The predicted molar refractivity (Wildman–Crippen MR) is 73.1 cm³/mol. The maximum Gasteiger partial charge on any atom is 0.323 e. The number of rotatable bonds is 2. The Labute approximate surface area is 110 Å². The van der Waals surface area contributed by atoms with Crippen molar-refractivity contribution >= 4 is 29.0 Å². The van der Waals surface area contributed by atoms with Crippen molar-refractivity contribution in [3.63, 3.8) is 0 Å². The molecule has 0 radical (unpaired) electrons. The second-order valence-electron chi connectivity index (χ2n) is 3.80. The van der Waals surface area contributed by atoms with Crippen molar-refractivity contribution in [3.05, 3.63) is 53.3 Å². The molecule has 1 heterocycles. The lowest BCUT2D eigenvalue weighted by Gasteiger charge is -2.09. The first-order chi connectivity index (χ1) is 8.65. The fourth-order valence-corrected chi connectivity index (χ4v) is 1.62. The normalized spacial score (nSPS) is 9.89. The van der Waals surface area contributed by atoms with Gasteiger partial charge >= 0.3 is 6.03 Å². The Bertz CT molecular complexity index is 557. The van der Waals surface area contributed by atoms with Crippen molar-refractivity contribution in [1.29, 1.82) is 0 Å². The summed E-state index contributed by atoms with van der Waals surface area (Å²) in [7, 11) is 0. The molecule has 2 N–H and O–H groups in total. The van der Waals surface area contributed by atoms with Gasteiger partial charge in [-0.1, -0.05) is 17.7 Å². The summed E-state index contributed by atoms with van der Waals surface area (Å²) in [6, 6.07) is 8.52. The molecule has 0 spiro atoms. The summed E-state index contributed by atoms with van der Waals surface area (Å²) in [5.74, 6) is 0. The number of amides is 2. The average Bonchev–Trinajstić information content (AvgIpc) is 2.35. The number of carbonyl (C=O) groups is 1. The number of benzene rings is 1. The van der Waals surface area contributed by atoms with Crippen molar-refractivity contribution in [1.82, 2.24) is 4.98 Å². The third kappa shape index (κ3) is 3.21. The number of aromatic nitrogens is 1. The van der Waals surface area contributed by atoms with Crippen LogP contribution in [0.1, 0.15) is 5.56 Å². The molecule has 5 heteroatoms. The molecule has 0 bridgehead atoms. The third-order valence-corrected chi connectivity index (χ3v) is 2.64. The van der Waals surface area contributed by atoms with Crippen molar-refractivity contribution in [3.8, 4) is 0 Å². The van der Waals surface area contributed by atoms with E-state index >= 15 is 0 Å². The highest BCUT2D eigenvalue weighted by atomic mass is 35.5. The Morgan fingerprint density at radius 3 is 2.61 bits per heavy atom. The van der Waals surface area contributed by atoms with E-state index in [0.717, 1.165) is 5.56 Å². The van der Waals surface area contributed by atoms with Crippen molar-refractivity contribution in [2.24, 2.45) is 0 Å². The van der Waals surface area contributed by atoms with E-state index in [2.05, 4.69) is 15.6 Å². The summed E-state index contributed by atoms with van der Waals surface area (Å²) in [6.45, 7) is 1.93. The van der Waals surface area contributed by atoms with E-state index in [9.17, 15) is 4.79 Å². The van der Waals surface area contributed by atoms with Crippen LogP contribution in [-0.4, -0.2) is 11.0 Å². The minimum Gasteiger partial charge on any atom is -0.308 e. The van der Waals surface area contributed by atoms with E-state index in [0.29, 0.717) is 16.4 Å². The number of hydrogen-bond donors (Lipinski definition) is 2. The fourth-order valence-electron chi connectivity index (χ4n) is 1.45. The average molecular weight is 262 g/mol. The van der Waals surface area contributed by atoms with Gasteiger partial charge in [0.25, 0.3) is 0 Å². The highest BCUT2D eigenvalue weighted by molar-refractivity contribution is 6.33. The van der Waals surface area contributed by atoms with E-state index in [1.54, 1.807) is 30.6 Å². The van der Waals surface area contributed by atoms with E-state index in [-0.39, 0.29) is 6.03 Å². The molecule has 4 nitrogen and oxygen atoms in total. The topological polar surface area (TPSA) is 54.0 Å². The Hall–Kier alpha value is -2.07. The Kier molecular flexibility index (Phi) is 3.79. The van der Waals surface area contributed by atoms with Gasteiger partial charge in [-0.2, -0.15) is 0 Å². The van der Waals surface area contributed by atoms with Gasteiger partial charge in [0, 0.05) is 18.1 Å². The fraction of sp³-hybridized carbons (Fsp3) is 0.0769. The largest absolute Gasteiger partial charge is 0.323 e. The second-order valence-corrected chi connectivity index (χ2v) is 4.21. The van der Waals surface area contributed by atoms with Gasteiger partial charge in [0.15, 0.2) is 0 Å². The van der Waals surface area contributed by atoms with Crippen molar-refractivity contribution in [2.45, 2.75) is 6.92 Å². The summed E-state index contributed by atoms with van der Waals surface area (Å²) >= 11 is 5.99. The van der Waals surface area contributed by atoms with Crippen molar-refractivity contribution in [2.75, 3.05) is 10.6 Å². The van der Waals surface area contributed by atoms with Crippen LogP contribution in [0.4, 0.5) is 16.2 Å². The zero-order valence-electron chi connectivity index (χ0n) is 9.77. The Morgan fingerprint density at radius 1 is 1.17 bits per heavy atom. The van der Waals surface area contributed by atoms with Crippen LogP contribution in [0.3, 0.4) is 0 Å². The number of halogens is 1. The first-order valence-corrected chi connectivity index (χ1v) is 5.77. The van der Waals surface area contributed by atoms with Crippen LogP contribution >= 0.6 is 11.6 Å². The van der Waals surface area contributed by atoms with Crippen LogP contribution in [-0.2, 0) is 0 Å². The molecule has 1 aromatic carbocycles. The van der Waals surface area contributed by atoms with Gasteiger partial charge in [0.05, 0.1) is 10.7 Å². The lowest BCUT2D eigenvalue weighted by Crippen LogP contribution is -2.19. The predicted octanol–water partition coefficient (Wildman–Crippen LogP) is 3.69. The molecule has 0 aliphatic rings.